The van der Waals surface area contributed by atoms with E-state index < -0.39 is 29.7 Å². The monoisotopic (exact) mass is 418 g/mol. The van der Waals surface area contributed by atoms with Crippen LogP contribution in [0, 0.1) is 11.8 Å². The van der Waals surface area contributed by atoms with Crippen molar-refractivity contribution in [3.05, 3.63) is 35.9 Å². The zero-order valence-electron chi connectivity index (χ0n) is 17.5. The maximum atomic E-state index is 12.9. The van der Waals surface area contributed by atoms with Crippen LogP contribution < -0.4 is 10.6 Å². The summed E-state index contributed by atoms with van der Waals surface area (Å²) >= 11 is 0. The number of benzene rings is 1. The van der Waals surface area contributed by atoms with Crippen molar-refractivity contribution in [1.29, 1.82) is 0 Å². The minimum Gasteiger partial charge on any atom is -0.445 e. The van der Waals surface area contributed by atoms with Gasteiger partial charge in [-0.2, -0.15) is 0 Å². The van der Waals surface area contributed by atoms with Gasteiger partial charge in [0.1, 0.15) is 6.61 Å². The molecule has 0 saturated carbocycles. The van der Waals surface area contributed by atoms with Gasteiger partial charge in [-0.05, 0) is 24.3 Å². The molecule has 1 heterocycles. The van der Waals surface area contributed by atoms with E-state index in [0.717, 1.165) is 5.56 Å². The molecule has 2 rings (SSSR count). The van der Waals surface area contributed by atoms with E-state index in [9.17, 15) is 19.2 Å². The summed E-state index contributed by atoms with van der Waals surface area (Å²) in [6.07, 6.45) is 0.0652. The lowest BCUT2D eigenvalue weighted by Crippen LogP contribution is -2.46. The van der Waals surface area contributed by atoms with Gasteiger partial charge in [-0.15, -0.1) is 0 Å². The van der Waals surface area contributed by atoms with Crippen LogP contribution in [-0.2, 0) is 30.5 Å². The number of amides is 2. The molecule has 2 atom stereocenters. The van der Waals surface area contributed by atoms with Crippen molar-refractivity contribution in [2.75, 3.05) is 19.8 Å². The molecule has 1 aliphatic heterocycles. The van der Waals surface area contributed by atoms with Crippen LogP contribution in [-0.4, -0.2) is 49.4 Å². The van der Waals surface area contributed by atoms with Crippen molar-refractivity contribution >= 4 is 23.6 Å². The molecule has 2 N–H and O–H groups in total. The van der Waals surface area contributed by atoms with E-state index in [-0.39, 0.29) is 31.1 Å². The van der Waals surface area contributed by atoms with Crippen LogP contribution in [0.1, 0.15) is 38.7 Å². The quantitative estimate of drug-likeness (QED) is 0.656. The SMILES string of the molecule is CC(C)C(NC(=O)OCc1ccccc1)C(=O)CC1CCOCCCNC(=O)C1=O. The van der Waals surface area contributed by atoms with Crippen molar-refractivity contribution in [3.8, 4) is 0 Å². The Kier molecular flexibility index (Phi) is 9.47. The van der Waals surface area contributed by atoms with E-state index >= 15 is 0 Å². The molecule has 8 nitrogen and oxygen atoms in total. The minimum absolute atomic E-state index is 0.0876. The average molecular weight is 418 g/mol. The number of ether oxygens (including phenoxy) is 2. The Labute approximate surface area is 176 Å². The summed E-state index contributed by atoms with van der Waals surface area (Å²) in [5.41, 5.74) is 0.832. The standard InChI is InChI=1S/C22H30N2O6/c1-15(2)19(24-22(28)30-14-16-7-4-3-5-8-16)18(25)13-17-9-12-29-11-6-10-23-21(27)20(17)26/h3-5,7-8,15,17,19H,6,9-14H2,1-2H3,(H,23,27)(H,24,28). The smallest absolute Gasteiger partial charge is 0.408 e. The Balaban J connectivity index is 1.96. The third-order valence-corrected chi connectivity index (χ3v) is 4.90. The average Bonchev–Trinajstić information content (AvgIpc) is 2.73. The van der Waals surface area contributed by atoms with Crippen molar-refractivity contribution in [2.24, 2.45) is 11.8 Å². The topological polar surface area (TPSA) is 111 Å². The van der Waals surface area contributed by atoms with Gasteiger partial charge in [-0.1, -0.05) is 44.2 Å². The molecule has 0 spiro atoms. The maximum Gasteiger partial charge on any atom is 0.408 e. The Morgan fingerprint density at radius 2 is 1.93 bits per heavy atom. The molecule has 1 aliphatic rings. The third kappa shape index (κ3) is 7.59. The van der Waals surface area contributed by atoms with Crippen LogP contribution in [0.15, 0.2) is 30.3 Å². The Morgan fingerprint density at radius 1 is 1.20 bits per heavy atom. The molecule has 0 radical (unpaired) electrons. The van der Waals surface area contributed by atoms with Crippen LogP contribution in [0.25, 0.3) is 0 Å². The van der Waals surface area contributed by atoms with Crippen molar-refractivity contribution in [1.82, 2.24) is 10.6 Å². The number of alkyl carbamates (subject to hydrolysis) is 1. The van der Waals surface area contributed by atoms with Gasteiger partial charge < -0.3 is 20.1 Å². The first-order valence-corrected chi connectivity index (χ1v) is 10.3. The fourth-order valence-corrected chi connectivity index (χ4v) is 3.18. The molecule has 30 heavy (non-hydrogen) atoms. The number of nitrogens with one attached hydrogen (secondary N) is 2. The highest BCUT2D eigenvalue weighted by Crippen LogP contribution is 2.17. The van der Waals surface area contributed by atoms with Gasteiger partial charge in [-0.3, -0.25) is 14.4 Å². The van der Waals surface area contributed by atoms with E-state index in [0.29, 0.717) is 26.2 Å². The van der Waals surface area contributed by atoms with Crippen molar-refractivity contribution in [3.63, 3.8) is 0 Å². The lowest BCUT2D eigenvalue weighted by molar-refractivity contribution is -0.142. The minimum atomic E-state index is -0.819. The van der Waals surface area contributed by atoms with E-state index in [4.69, 9.17) is 9.47 Å². The first kappa shape index (κ1) is 23.5. The zero-order valence-corrected chi connectivity index (χ0v) is 17.5. The molecule has 2 unspecified atom stereocenters. The predicted molar refractivity (Wildman–Crippen MR) is 110 cm³/mol. The second kappa shape index (κ2) is 12.1. The summed E-state index contributed by atoms with van der Waals surface area (Å²) in [6.45, 7) is 4.82. The van der Waals surface area contributed by atoms with E-state index in [2.05, 4.69) is 10.6 Å². The third-order valence-electron chi connectivity index (χ3n) is 4.90. The van der Waals surface area contributed by atoms with Crippen LogP contribution in [0.2, 0.25) is 0 Å². The molecule has 1 aromatic rings. The molecule has 0 aliphatic carbocycles. The van der Waals surface area contributed by atoms with Crippen LogP contribution in [0.4, 0.5) is 4.79 Å². The molecule has 0 aromatic heterocycles. The van der Waals surface area contributed by atoms with Crippen molar-refractivity contribution < 1.29 is 28.7 Å². The molecule has 1 fully saturated rings. The largest absolute Gasteiger partial charge is 0.445 e. The summed E-state index contributed by atoms with van der Waals surface area (Å²) in [5.74, 6) is -2.60. The van der Waals surface area contributed by atoms with Crippen LogP contribution in [0.3, 0.4) is 0 Å². The van der Waals surface area contributed by atoms with Gasteiger partial charge in [0.25, 0.3) is 5.91 Å². The number of Topliss-reactive ketones (excluding diaryl/α,β-unsaturated/α-hetero) is 2. The number of rotatable bonds is 7. The van der Waals surface area contributed by atoms with Gasteiger partial charge in [0.15, 0.2) is 5.78 Å². The van der Waals surface area contributed by atoms with Crippen LogP contribution in [0.5, 0.6) is 0 Å². The first-order chi connectivity index (χ1) is 14.4. The molecular weight excluding hydrogens is 388 g/mol. The summed E-state index contributed by atoms with van der Waals surface area (Å²) in [6, 6.07) is 8.39. The Bertz CT molecular complexity index is 734. The molecule has 1 aromatic carbocycles. The number of hydrogen-bond donors (Lipinski definition) is 2. The second-order valence-electron chi connectivity index (χ2n) is 7.67. The Morgan fingerprint density at radius 3 is 2.63 bits per heavy atom. The molecular formula is C22H30N2O6. The van der Waals surface area contributed by atoms with Gasteiger partial charge in [0, 0.05) is 32.1 Å². The fourth-order valence-electron chi connectivity index (χ4n) is 3.18. The number of ketones is 2. The van der Waals surface area contributed by atoms with Crippen molar-refractivity contribution in [2.45, 2.75) is 45.8 Å². The summed E-state index contributed by atoms with van der Waals surface area (Å²) in [5, 5.41) is 5.15. The zero-order chi connectivity index (χ0) is 21.9. The number of carbonyl (C=O) groups is 4. The molecule has 8 heteroatoms. The summed E-state index contributed by atoms with van der Waals surface area (Å²) < 4.78 is 10.6. The van der Waals surface area contributed by atoms with Gasteiger partial charge in [0.05, 0.1) is 6.04 Å². The number of carbonyl (C=O) groups excluding carboxylic acids is 4. The predicted octanol–water partition coefficient (Wildman–Crippen LogP) is 2.01. The second-order valence-corrected chi connectivity index (χ2v) is 7.67. The first-order valence-electron chi connectivity index (χ1n) is 10.3. The van der Waals surface area contributed by atoms with Crippen LogP contribution >= 0.6 is 0 Å². The summed E-state index contributed by atoms with van der Waals surface area (Å²) in [7, 11) is 0. The molecule has 2 amide bonds. The highest BCUT2D eigenvalue weighted by Gasteiger charge is 2.32. The Hall–Kier alpha value is -2.74. The van der Waals surface area contributed by atoms with Gasteiger partial charge in [-0.25, -0.2) is 4.79 Å². The summed E-state index contributed by atoms with van der Waals surface area (Å²) in [4.78, 5) is 49.5. The normalized spacial score (nSPS) is 19.0. The highest BCUT2D eigenvalue weighted by molar-refractivity contribution is 6.37. The van der Waals surface area contributed by atoms with E-state index in [1.54, 1.807) is 13.8 Å². The fraction of sp³-hybridized carbons (Fsp3) is 0.545. The van der Waals surface area contributed by atoms with Gasteiger partial charge >= 0.3 is 6.09 Å². The van der Waals surface area contributed by atoms with E-state index in [1.807, 2.05) is 30.3 Å². The molecule has 164 valence electrons. The lowest BCUT2D eigenvalue weighted by atomic mass is 9.88. The van der Waals surface area contributed by atoms with E-state index in [1.165, 1.54) is 0 Å². The maximum absolute atomic E-state index is 12.9. The highest BCUT2D eigenvalue weighted by atomic mass is 16.5. The molecule has 0 bridgehead atoms. The number of hydrogen-bond acceptors (Lipinski definition) is 6. The van der Waals surface area contributed by atoms with Gasteiger partial charge in [0.2, 0.25) is 5.78 Å². The molecule has 1 saturated heterocycles. The lowest BCUT2D eigenvalue weighted by Gasteiger charge is -2.23.